The fourth-order valence-electron chi connectivity index (χ4n) is 2.02. The van der Waals surface area contributed by atoms with Gasteiger partial charge in [-0.3, -0.25) is 4.79 Å². The second-order valence-electron chi connectivity index (χ2n) is 4.50. The molecule has 19 heavy (non-hydrogen) atoms. The minimum absolute atomic E-state index is 0. The SMILES string of the molecule is CCSCc1ccc(C(=O)NC2CCNC2)cc1.Cl. The predicted molar refractivity (Wildman–Crippen MR) is 84.3 cm³/mol. The van der Waals surface area contributed by atoms with Crippen LogP contribution in [0, 0.1) is 0 Å². The summed E-state index contributed by atoms with van der Waals surface area (Å²) in [6, 6.07) is 8.22. The summed E-state index contributed by atoms with van der Waals surface area (Å²) in [6.07, 6.45) is 1.02. The summed E-state index contributed by atoms with van der Waals surface area (Å²) in [5, 5.41) is 6.30. The minimum Gasteiger partial charge on any atom is -0.348 e. The molecule has 1 aliphatic heterocycles. The molecule has 1 aromatic carbocycles. The van der Waals surface area contributed by atoms with E-state index in [1.807, 2.05) is 36.0 Å². The summed E-state index contributed by atoms with van der Waals surface area (Å²) >= 11 is 1.89. The molecule has 1 atom stereocenters. The van der Waals surface area contributed by atoms with Gasteiger partial charge in [-0.25, -0.2) is 0 Å². The lowest BCUT2D eigenvalue weighted by Crippen LogP contribution is -2.36. The maximum atomic E-state index is 12.0. The second kappa shape index (κ2) is 8.46. The van der Waals surface area contributed by atoms with Crippen molar-refractivity contribution in [3.8, 4) is 0 Å². The van der Waals surface area contributed by atoms with Gasteiger partial charge in [-0.1, -0.05) is 19.1 Å². The smallest absolute Gasteiger partial charge is 0.251 e. The normalized spacial score (nSPS) is 17.8. The molecule has 1 unspecified atom stereocenters. The van der Waals surface area contributed by atoms with Gasteiger partial charge in [0.25, 0.3) is 5.91 Å². The number of hydrogen-bond donors (Lipinski definition) is 2. The molecule has 3 nitrogen and oxygen atoms in total. The zero-order valence-corrected chi connectivity index (χ0v) is 12.8. The van der Waals surface area contributed by atoms with Gasteiger partial charge in [0.05, 0.1) is 0 Å². The summed E-state index contributed by atoms with van der Waals surface area (Å²) in [4.78, 5) is 12.0. The summed E-state index contributed by atoms with van der Waals surface area (Å²) < 4.78 is 0. The highest BCUT2D eigenvalue weighted by atomic mass is 35.5. The number of amides is 1. The quantitative estimate of drug-likeness (QED) is 0.878. The van der Waals surface area contributed by atoms with E-state index in [4.69, 9.17) is 0 Å². The molecule has 2 N–H and O–H groups in total. The molecule has 0 radical (unpaired) electrons. The Morgan fingerprint density at radius 2 is 2.16 bits per heavy atom. The van der Waals surface area contributed by atoms with Crippen LogP contribution in [0.25, 0.3) is 0 Å². The summed E-state index contributed by atoms with van der Waals surface area (Å²) in [5.74, 6) is 2.18. The molecule has 0 spiro atoms. The van der Waals surface area contributed by atoms with Gasteiger partial charge in [-0.2, -0.15) is 11.8 Å². The lowest BCUT2D eigenvalue weighted by Gasteiger charge is -2.11. The van der Waals surface area contributed by atoms with Crippen molar-refractivity contribution >= 4 is 30.1 Å². The van der Waals surface area contributed by atoms with Crippen LogP contribution in [0.3, 0.4) is 0 Å². The average Bonchev–Trinajstić information content (AvgIpc) is 2.89. The lowest BCUT2D eigenvalue weighted by molar-refractivity contribution is 0.0940. The van der Waals surface area contributed by atoms with Crippen LogP contribution < -0.4 is 10.6 Å². The van der Waals surface area contributed by atoms with Gasteiger partial charge in [0.15, 0.2) is 0 Å². The van der Waals surface area contributed by atoms with E-state index in [0.717, 1.165) is 36.6 Å². The topological polar surface area (TPSA) is 41.1 Å². The van der Waals surface area contributed by atoms with Crippen molar-refractivity contribution in [2.45, 2.75) is 25.1 Å². The van der Waals surface area contributed by atoms with Crippen LogP contribution in [0.5, 0.6) is 0 Å². The van der Waals surface area contributed by atoms with E-state index < -0.39 is 0 Å². The lowest BCUT2D eigenvalue weighted by atomic mass is 10.1. The standard InChI is InChI=1S/C14H20N2OS.ClH/c1-2-18-10-11-3-5-12(6-4-11)14(17)16-13-7-8-15-9-13;/h3-6,13,15H,2,7-10H2,1H3,(H,16,17);1H. The Morgan fingerprint density at radius 3 is 2.74 bits per heavy atom. The van der Waals surface area contributed by atoms with Gasteiger partial charge in [-0.05, 0) is 36.4 Å². The summed E-state index contributed by atoms with van der Waals surface area (Å²) in [7, 11) is 0. The van der Waals surface area contributed by atoms with Crippen LogP contribution in [-0.4, -0.2) is 30.8 Å². The van der Waals surface area contributed by atoms with E-state index in [0.29, 0.717) is 0 Å². The second-order valence-corrected chi connectivity index (χ2v) is 5.77. The molecular weight excluding hydrogens is 280 g/mol. The van der Waals surface area contributed by atoms with Gasteiger partial charge in [0.2, 0.25) is 0 Å². The van der Waals surface area contributed by atoms with E-state index in [1.54, 1.807) is 0 Å². The van der Waals surface area contributed by atoms with Gasteiger partial charge in [0, 0.05) is 23.9 Å². The molecule has 5 heteroatoms. The molecule has 0 aliphatic carbocycles. The summed E-state index contributed by atoms with van der Waals surface area (Å²) in [6.45, 7) is 4.04. The van der Waals surface area contributed by atoms with Crippen molar-refractivity contribution in [3.05, 3.63) is 35.4 Å². The Balaban J connectivity index is 0.00000180. The molecule has 1 aliphatic rings. The van der Waals surface area contributed by atoms with Crippen LogP contribution in [0.15, 0.2) is 24.3 Å². The largest absolute Gasteiger partial charge is 0.348 e. The van der Waals surface area contributed by atoms with Crippen LogP contribution >= 0.6 is 24.2 Å². The van der Waals surface area contributed by atoms with Gasteiger partial charge < -0.3 is 10.6 Å². The fraction of sp³-hybridized carbons (Fsp3) is 0.500. The number of hydrogen-bond acceptors (Lipinski definition) is 3. The molecule has 0 aromatic heterocycles. The predicted octanol–water partition coefficient (Wildman–Crippen LogP) is 2.45. The van der Waals surface area contributed by atoms with Gasteiger partial charge >= 0.3 is 0 Å². The van der Waals surface area contributed by atoms with Crippen molar-refractivity contribution < 1.29 is 4.79 Å². The third kappa shape index (κ3) is 5.05. The third-order valence-electron chi connectivity index (χ3n) is 3.08. The van der Waals surface area contributed by atoms with Crippen molar-refractivity contribution in [2.75, 3.05) is 18.8 Å². The number of thioether (sulfide) groups is 1. The Kier molecular flexibility index (Phi) is 7.28. The molecular formula is C14H21ClN2OS. The molecule has 1 heterocycles. The van der Waals surface area contributed by atoms with E-state index in [2.05, 4.69) is 17.6 Å². The highest BCUT2D eigenvalue weighted by Gasteiger charge is 2.17. The number of halogens is 1. The number of rotatable bonds is 5. The van der Waals surface area contributed by atoms with Crippen molar-refractivity contribution in [2.24, 2.45) is 0 Å². The van der Waals surface area contributed by atoms with E-state index in [1.165, 1.54) is 5.56 Å². The van der Waals surface area contributed by atoms with Crippen LogP contribution in [-0.2, 0) is 5.75 Å². The third-order valence-corrected chi connectivity index (χ3v) is 4.03. The number of benzene rings is 1. The minimum atomic E-state index is 0. The Labute approximate surface area is 125 Å². The molecule has 0 bridgehead atoms. The first-order valence-electron chi connectivity index (χ1n) is 6.48. The maximum absolute atomic E-state index is 12.0. The molecule has 106 valence electrons. The zero-order chi connectivity index (χ0) is 12.8. The van der Waals surface area contributed by atoms with Crippen LogP contribution in [0.4, 0.5) is 0 Å². The molecule has 1 aromatic rings. The Morgan fingerprint density at radius 1 is 1.42 bits per heavy atom. The number of nitrogens with one attached hydrogen (secondary N) is 2. The van der Waals surface area contributed by atoms with Crippen molar-refractivity contribution in [1.29, 1.82) is 0 Å². The highest BCUT2D eigenvalue weighted by molar-refractivity contribution is 7.98. The van der Waals surface area contributed by atoms with Crippen LogP contribution in [0.1, 0.15) is 29.3 Å². The maximum Gasteiger partial charge on any atom is 0.251 e. The first kappa shape index (κ1) is 16.3. The van der Waals surface area contributed by atoms with E-state index >= 15 is 0 Å². The molecule has 1 amide bonds. The first-order chi connectivity index (χ1) is 8.79. The van der Waals surface area contributed by atoms with Crippen molar-refractivity contribution in [1.82, 2.24) is 10.6 Å². The van der Waals surface area contributed by atoms with Gasteiger partial charge in [0.1, 0.15) is 0 Å². The Bertz CT molecular complexity index is 391. The van der Waals surface area contributed by atoms with Gasteiger partial charge in [-0.15, -0.1) is 12.4 Å². The fourth-order valence-corrected chi connectivity index (χ4v) is 2.65. The summed E-state index contributed by atoms with van der Waals surface area (Å²) in [5.41, 5.74) is 2.04. The molecule has 1 saturated heterocycles. The van der Waals surface area contributed by atoms with E-state index in [-0.39, 0.29) is 24.4 Å². The zero-order valence-electron chi connectivity index (χ0n) is 11.1. The molecule has 0 saturated carbocycles. The number of carbonyl (C=O) groups is 1. The van der Waals surface area contributed by atoms with Crippen molar-refractivity contribution in [3.63, 3.8) is 0 Å². The molecule has 1 fully saturated rings. The number of carbonyl (C=O) groups excluding carboxylic acids is 1. The first-order valence-corrected chi connectivity index (χ1v) is 7.63. The van der Waals surface area contributed by atoms with Crippen LogP contribution in [0.2, 0.25) is 0 Å². The monoisotopic (exact) mass is 300 g/mol. The average molecular weight is 301 g/mol. The Hall–Kier alpha value is -0.710. The molecule has 2 rings (SSSR count). The highest BCUT2D eigenvalue weighted by Crippen LogP contribution is 2.13. The van der Waals surface area contributed by atoms with E-state index in [9.17, 15) is 4.79 Å².